The number of pyridine rings is 1. The molecule has 3 rings (SSSR count). The Bertz CT molecular complexity index is 676. The maximum absolute atomic E-state index is 11.5. The molecule has 0 saturated carbocycles. The van der Waals surface area contributed by atoms with Gasteiger partial charge >= 0.3 is 12.1 Å². The van der Waals surface area contributed by atoms with Crippen LogP contribution >= 0.6 is 0 Å². The normalized spacial score (nSPS) is 20.7. The van der Waals surface area contributed by atoms with Crippen molar-refractivity contribution in [2.75, 3.05) is 26.3 Å². The number of aliphatic carboxylic acids is 1. The highest BCUT2D eigenvalue weighted by Gasteiger charge is 2.46. The van der Waals surface area contributed by atoms with Gasteiger partial charge in [-0.15, -0.1) is 0 Å². The molecule has 1 atom stereocenters. The average molecular weight is 418 g/mol. The van der Waals surface area contributed by atoms with Gasteiger partial charge in [0.05, 0.1) is 12.2 Å². The second-order valence-corrected chi connectivity index (χ2v) is 7.01. The first-order valence-electron chi connectivity index (χ1n) is 9.37. The fraction of sp³-hybridized carbons (Fsp3) is 0.632. The number of amides is 1. The van der Waals surface area contributed by atoms with Gasteiger partial charge in [0, 0.05) is 38.9 Å². The maximum atomic E-state index is 11.5. The van der Waals surface area contributed by atoms with Crippen LogP contribution in [0, 0.1) is 5.92 Å². The van der Waals surface area contributed by atoms with Crippen molar-refractivity contribution in [1.82, 2.24) is 9.88 Å². The number of likely N-dealkylation sites (tertiary alicyclic amines) is 1. The Morgan fingerprint density at radius 3 is 2.52 bits per heavy atom. The lowest BCUT2D eigenvalue weighted by Crippen LogP contribution is -2.49. The lowest BCUT2D eigenvalue weighted by molar-refractivity contribution is -0.192. The van der Waals surface area contributed by atoms with E-state index in [1.807, 2.05) is 23.1 Å². The van der Waals surface area contributed by atoms with Crippen LogP contribution in [-0.4, -0.2) is 64.9 Å². The van der Waals surface area contributed by atoms with Gasteiger partial charge in [-0.3, -0.25) is 4.79 Å². The van der Waals surface area contributed by atoms with Crippen LogP contribution in [0.15, 0.2) is 24.4 Å². The highest BCUT2D eigenvalue weighted by atomic mass is 19.4. The molecule has 2 saturated heterocycles. The number of aromatic nitrogens is 1. The van der Waals surface area contributed by atoms with Crippen molar-refractivity contribution in [3.05, 3.63) is 24.4 Å². The van der Waals surface area contributed by atoms with Crippen molar-refractivity contribution in [3.8, 4) is 5.88 Å². The van der Waals surface area contributed by atoms with Crippen molar-refractivity contribution >= 4 is 11.9 Å². The number of hydrogen-bond donors (Lipinski definition) is 1. The summed E-state index contributed by atoms with van der Waals surface area (Å²) in [7, 11) is 0. The topological polar surface area (TPSA) is 89.0 Å². The SMILES string of the molecule is CC(=O)N1CCC2(CC1)OCCC2CCOc1ccccn1.O=C(O)C(F)(F)F. The number of ether oxygens (including phenoxy) is 2. The van der Waals surface area contributed by atoms with E-state index in [2.05, 4.69) is 4.98 Å². The first-order valence-corrected chi connectivity index (χ1v) is 9.37. The zero-order valence-corrected chi connectivity index (χ0v) is 16.2. The van der Waals surface area contributed by atoms with Crippen LogP contribution in [0.3, 0.4) is 0 Å². The standard InChI is InChI=1S/C17H24N2O3.C2HF3O2/c1-14(20)19-10-7-17(8-11-19)15(6-13-22-17)5-12-21-16-4-2-3-9-18-16;3-2(4,5)1(6)7/h2-4,9,15H,5-8,10-13H2,1H3;(H,6,7). The molecule has 2 aliphatic rings. The van der Waals surface area contributed by atoms with E-state index >= 15 is 0 Å². The molecule has 0 aromatic carbocycles. The molecular weight excluding hydrogens is 393 g/mol. The van der Waals surface area contributed by atoms with Crippen LogP contribution < -0.4 is 4.74 Å². The van der Waals surface area contributed by atoms with Crippen molar-refractivity contribution in [2.45, 2.75) is 44.4 Å². The summed E-state index contributed by atoms with van der Waals surface area (Å²) in [6.07, 6.45) is 0.622. The summed E-state index contributed by atoms with van der Waals surface area (Å²) in [4.78, 5) is 26.5. The summed E-state index contributed by atoms with van der Waals surface area (Å²) < 4.78 is 43.6. The molecule has 2 aliphatic heterocycles. The number of carbonyl (C=O) groups excluding carboxylic acids is 1. The quantitative estimate of drug-likeness (QED) is 0.809. The molecule has 3 heterocycles. The second kappa shape index (κ2) is 9.91. The Balaban J connectivity index is 0.000000370. The minimum absolute atomic E-state index is 0.0422. The lowest BCUT2D eigenvalue weighted by atomic mass is 9.78. The second-order valence-electron chi connectivity index (χ2n) is 7.01. The van der Waals surface area contributed by atoms with E-state index < -0.39 is 12.1 Å². The molecule has 1 aromatic heterocycles. The molecule has 29 heavy (non-hydrogen) atoms. The molecule has 0 aliphatic carbocycles. The molecule has 2 fully saturated rings. The van der Waals surface area contributed by atoms with Crippen LogP contribution in [0.25, 0.3) is 0 Å². The van der Waals surface area contributed by atoms with Gasteiger partial charge in [0.1, 0.15) is 0 Å². The zero-order valence-electron chi connectivity index (χ0n) is 16.2. The van der Waals surface area contributed by atoms with Crippen molar-refractivity contribution in [2.24, 2.45) is 5.92 Å². The van der Waals surface area contributed by atoms with E-state index in [9.17, 15) is 18.0 Å². The van der Waals surface area contributed by atoms with Gasteiger partial charge in [0.15, 0.2) is 0 Å². The fourth-order valence-corrected chi connectivity index (χ4v) is 3.68. The molecule has 1 amide bonds. The minimum Gasteiger partial charge on any atom is -0.478 e. The van der Waals surface area contributed by atoms with E-state index in [-0.39, 0.29) is 11.5 Å². The van der Waals surface area contributed by atoms with Gasteiger partial charge < -0.3 is 19.5 Å². The van der Waals surface area contributed by atoms with Gasteiger partial charge in [-0.05, 0) is 37.7 Å². The number of rotatable bonds is 4. The number of halogens is 3. The third-order valence-electron chi connectivity index (χ3n) is 5.25. The Labute approximate surface area is 166 Å². The molecule has 0 radical (unpaired) electrons. The molecule has 1 aromatic rings. The number of piperidine rings is 1. The number of carboxylic acid groups (broad SMARTS) is 1. The summed E-state index contributed by atoms with van der Waals surface area (Å²) in [6.45, 7) is 4.77. The summed E-state index contributed by atoms with van der Waals surface area (Å²) in [5.41, 5.74) is -0.0422. The summed E-state index contributed by atoms with van der Waals surface area (Å²) >= 11 is 0. The van der Waals surface area contributed by atoms with Gasteiger partial charge in [-0.25, -0.2) is 9.78 Å². The van der Waals surface area contributed by atoms with Crippen LogP contribution in [0.1, 0.15) is 32.6 Å². The number of hydrogen-bond acceptors (Lipinski definition) is 5. The molecule has 10 heteroatoms. The van der Waals surface area contributed by atoms with Crippen LogP contribution in [-0.2, 0) is 14.3 Å². The van der Waals surface area contributed by atoms with Crippen LogP contribution in [0.4, 0.5) is 13.2 Å². The highest BCUT2D eigenvalue weighted by Crippen LogP contribution is 2.42. The number of nitrogens with zero attached hydrogens (tertiary/aromatic N) is 2. The van der Waals surface area contributed by atoms with Gasteiger partial charge in [-0.2, -0.15) is 13.2 Å². The molecular formula is C19H25F3N2O5. The summed E-state index contributed by atoms with van der Waals surface area (Å²) in [5.74, 6) is -1.39. The van der Waals surface area contributed by atoms with E-state index in [0.717, 1.165) is 45.4 Å². The van der Waals surface area contributed by atoms with E-state index in [1.54, 1.807) is 13.1 Å². The maximum Gasteiger partial charge on any atom is 0.490 e. The van der Waals surface area contributed by atoms with E-state index in [4.69, 9.17) is 19.4 Å². The van der Waals surface area contributed by atoms with Crippen molar-refractivity contribution in [1.29, 1.82) is 0 Å². The first-order chi connectivity index (χ1) is 13.6. The fourth-order valence-electron chi connectivity index (χ4n) is 3.68. The third kappa shape index (κ3) is 6.59. The Morgan fingerprint density at radius 1 is 1.34 bits per heavy atom. The predicted octanol–water partition coefficient (Wildman–Crippen LogP) is 2.90. The zero-order chi connectivity index (χ0) is 21.5. The number of alkyl halides is 3. The monoisotopic (exact) mass is 418 g/mol. The molecule has 1 N–H and O–H groups in total. The van der Waals surface area contributed by atoms with E-state index in [1.165, 1.54) is 0 Å². The van der Waals surface area contributed by atoms with Crippen molar-refractivity contribution < 1.29 is 37.3 Å². The molecule has 0 bridgehead atoms. The average Bonchev–Trinajstić information content (AvgIpc) is 3.05. The smallest absolute Gasteiger partial charge is 0.478 e. The number of carboxylic acids is 1. The Morgan fingerprint density at radius 2 is 2.00 bits per heavy atom. The predicted molar refractivity (Wildman–Crippen MR) is 96.3 cm³/mol. The highest BCUT2D eigenvalue weighted by molar-refractivity contribution is 5.73. The minimum atomic E-state index is -5.08. The Kier molecular flexibility index (Phi) is 7.83. The third-order valence-corrected chi connectivity index (χ3v) is 5.25. The lowest BCUT2D eigenvalue weighted by Gasteiger charge is -2.42. The molecule has 1 unspecified atom stereocenters. The van der Waals surface area contributed by atoms with Gasteiger partial charge in [0.2, 0.25) is 11.8 Å². The largest absolute Gasteiger partial charge is 0.490 e. The molecule has 7 nitrogen and oxygen atoms in total. The van der Waals surface area contributed by atoms with Crippen molar-refractivity contribution in [3.63, 3.8) is 0 Å². The van der Waals surface area contributed by atoms with Gasteiger partial charge in [-0.1, -0.05) is 6.07 Å². The van der Waals surface area contributed by atoms with Crippen LogP contribution in [0.5, 0.6) is 5.88 Å². The number of carbonyl (C=O) groups is 2. The first kappa shape index (κ1) is 22.9. The molecule has 162 valence electrons. The Hall–Kier alpha value is -2.36. The van der Waals surface area contributed by atoms with Crippen LogP contribution in [0.2, 0.25) is 0 Å². The van der Waals surface area contributed by atoms with Gasteiger partial charge in [0.25, 0.3) is 0 Å². The molecule has 1 spiro atoms. The summed E-state index contributed by atoms with van der Waals surface area (Å²) in [6, 6.07) is 5.70. The van der Waals surface area contributed by atoms with E-state index in [0.29, 0.717) is 18.4 Å². The summed E-state index contributed by atoms with van der Waals surface area (Å²) in [5, 5.41) is 7.12.